The number of hydrogen-bond donors (Lipinski definition) is 2. The molecule has 9 heteroatoms. The van der Waals surface area contributed by atoms with Gasteiger partial charge in [0.1, 0.15) is 11.6 Å². The van der Waals surface area contributed by atoms with Gasteiger partial charge in [-0.05, 0) is 64.7 Å². The van der Waals surface area contributed by atoms with Crippen molar-refractivity contribution in [2.75, 3.05) is 6.61 Å². The van der Waals surface area contributed by atoms with E-state index in [1.54, 1.807) is 53.7 Å². The molecule has 9 nitrogen and oxygen atoms in total. The van der Waals surface area contributed by atoms with E-state index in [4.69, 9.17) is 13.9 Å². The lowest BCUT2D eigenvalue weighted by Gasteiger charge is -2.27. The average molecular weight is 448 g/mol. The summed E-state index contributed by atoms with van der Waals surface area (Å²) in [5.41, 5.74) is 0.623. The third kappa shape index (κ3) is 6.21. The van der Waals surface area contributed by atoms with E-state index in [1.165, 1.54) is 0 Å². The van der Waals surface area contributed by atoms with Crippen LogP contribution < -0.4 is 21.0 Å². The third-order valence-corrected chi connectivity index (χ3v) is 4.80. The molecule has 0 aliphatic heterocycles. The molecule has 1 aromatic carbocycles. The molecule has 2 rings (SSSR count). The molecular formula is C23H33N3O6. The number of aromatic nitrogens is 1. The highest BCUT2D eigenvalue weighted by Gasteiger charge is 2.28. The molecule has 176 valence electrons. The van der Waals surface area contributed by atoms with Crippen LogP contribution in [-0.4, -0.2) is 35.2 Å². The van der Waals surface area contributed by atoms with Gasteiger partial charge in [-0.2, -0.15) is 4.98 Å². The van der Waals surface area contributed by atoms with Crippen molar-refractivity contribution in [1.82, 2.24) is 15.6 Å². The van der Waals surface area contributed by atoms with Gasteiger partial charge >= 0.3 is 17.8 Å². The predicted octanol–water partition coefficient (Wildman–Crippen LogP) is 3.62. The Hall–Kier alpha value is -3.10. The summed E-state index contributed by atoms with van der Waals surface area (Å²) in [4.78, 5) is 41.8. The maximum absolute atomic E-state index is 12.9. The van der Waals surface area contributed by atoms with Crippen LogP contribution in [0.4, 0.5) is 4.79 Å². The van der Waals surface area contributed by atoms with Crippen LogP contribution in [0, 0.1) is 12.8 Å². The zero-order chi connectivity index (χ0) is 24.2. The molecule has 0 saturated carbocycles. The van der Waals surface area contributed by atoms with Gasteiger partial charge in [-0.25, -0.2) is 9.59 Å². The zero-order valence-electron chi connectivity index (χ0n) is 20.0. The molecule has 0 bridgehead atoms. The predicted molar refractivity (Wildman–Crippen MR) is 121 cm³/mol. The van der Waals surface area contributed by atoms with Crippen molar-refractivity contribution in [2.45, 2.75) is 73.1 Å². The van der Waals surface area contributed by atoms with Crippen LogP contribution >= 0.6 is 0 Å². The fraction of sp³-hybridized carbons (Fsp3) is 0.565. The molecule has 0 radical (unpaired) electrons. The number of ether oxygens (including phenoxy) is 2. The summed E-state index contributed by atoms with van der Waals surface area (Å²) in [6.07, 6.45) is -0.735. The molecule has 2 aromatic rings. The maximum atomic E-state index is 12.9. The maximum Gasteiger partial charge on any atom is 0.408 e. The lowest BCUT2D eigenvalue weighted by molar-refractivity contribution is -0.124. The molecule has 0 saturated heterocycles. The van der Waals surface area contributed by atoms with Crippen LogP contribution in [-0.2, 0) is 9.53 Å². The molecule has 2 N–H and O–H groups in total. The summed E-state index contributed by atoms with van der Waals surface area (Å²) in [6, 6.07) is 2.28. The summed E-state index contributed by atoms with van der Waals surface area (Å²) >= 11 is 0. The Balaban J connectivity index is 2.25. The Morgan fingerprint density at radius 2 is 1.81 bits per heavy atom. The second-order valence-corrected chi connectivity index (χ2v) is 8.97. The molecule has 0 spiro atoms. The first-order chi connectivity index (χ1) is 14.8. The molecule has 1 unspecified atom stereocenters. The number of fused-ring (bicyclic) bond motifs is 1. The first kappa shape index (κ1) is 25.2. The molecule has 32 heavy (non-hydrogen) atoms. The van der Waals surface area contributed by atoms with Gasteiger partial charge in [-0.1, -0.05) is 19.9 Å². The minimum absolute atomic E-state index is 0.0773. The van der Waals surface area contributed by atoms with E-state index < -0.39 is 29.4 Å². The van der Waals surface area contributed by atoms with Crippen LogP contribution in [0.3, 0.4) is 0 Å². The number of nitrogens with zero attached hydrogens (tertiary/aromatic N) is 1. The highest BCUT2D eigenvalue weighted by molar-refractivity contribution is 5.87. The Bertz CT molecular complexity index is 1040. The number of aryl methyl sites for hydroxylation is 1. The molecule has 2 amide bonds. The van der Waals surface area contributed by atoms with Crippen molar-refractivity contribution >= 4 is 22.9 Å². The van der Waals surface area contributed by atoms with E-state index in [9.17, 15) is 14.4 Å². The number of hydrogen-bond acceptors (Lipinski definition) is 7. The number of nitrogens with one attached hydrogen (secondary N) is 2. The summed E-state index contributed by atoms with van der Waals surface area (Å²) in [5, 5.41) is 5.89. The first-order valence-corrected chi connectivity index (χ1v) is 10.7. The molecule has 1 heterocycles. The lowest BCUT2D eigenvalue weighted by Crippen LogP contribution is -2.51. The Morgan fingerprint density at radius 1 is 1.16 bits per heavy atom. The minimum atomic E-state index is -0.784. The molecule has 1 aromatic heterocycles. The van der Waals surface area contributed by atoms with Crippen molar-refractivity contribution in [3.05, 3.63) is 33.7 Å². The van der Waals surface area contributed by atoms with Crippen LogP contribution in [0.1, 0.15) is 65.6 Å². The van der Waals surface area contributed by atoms with Gasteiger partial charge in [0.15, 0.2) is 0 Å². The molecule has 0 aliphatic carbocycles. The summed E-state index contributed by atoms with van der Waals surface area (Å²) < 4.78 is 15.6. The SMILES string of the molecule is CCOc1nc2ccc(C(C)NC(=O)[C@@H](NC(=O)OC(C)(C)C)C(C)C)c(C)c2c(=O)o1. The highest BCUT2D eigenvalue weighted by atomic mass is 16.6. The molecule has 2 atom stereocenters. The topological polar surface area (TPSA) is 120 Å². The number of rotatable bonds is 7. The van der Waals surface area contributed by atoms with E-state index in [0.29, 0.717) is 23.1 Å². The summed E-state index contributed by atoms with van der Waals surface area (Å²) in [5.74, 6) is -0.518. The van der Waals surface area contributed by atoms with Gasteiger partial charge in [0, 0.05) is 0 Å². The van der Waals surface area contributed by atoms with Crippen LogP contribution in [0.5, 0.6) is 6.08 Å². The smallest absolute Gasteiger partial charge is 0.408 e. The summed E-state index contributed by atoms with van der Waals surface area (Å²) in [6.45, 7) is 14.6. The first-order valence-electron chi connectivity index (χ1n) is 10.7. The van der Waals surface area contributed by atoms with Gasteiger partial charge in [-0.15, -0.1) is 0 Å². The lowest BCUT2D eigenvalue weighted by atomic mass is 9.97. The van der Waals surface area contributed by atoms with Gasteiger partial charge in [0.25, 0.3) is 0 Å². The van der Waals surface area contributed by atoms with E-state index >= 15 is 0 Å². The number of alkyl carbamates (subject to hydrolysis) is 1. The second kappa shape index (κ2) is 10.0. The van der Waals surface area contributed by atoms with Crippen LogP contribution in [0.15, 0.2) is 21.3 Å². The minimum Gasteiger partial charge on any atom is -0.450 e. The molecule has 0 fully saturated rings. The summed E-state index contributed by atoms with van der Waals surface area (Å²) in [7, 11) is 0. The largest absolute Gasteiger partial charge is 0.450 e. The highest BCUT2D eigenvalue weighted by Crippen LogP contribution is 2.25. The van der Waals surface area contributed by atoms with Crippen molar-refractivity contribution in [1.29, 1.82) is 0 Å². The Labute approximate surface area is 187 Å². The fourth-order valence-corrected chi connectivity index (χ4v) is 3.32. The van der Waals surface area contributed by atoms with Crippen LogP contribution in [0.2, 0.25) is 0 Å². The number of benzene rings is 1. The fourth-order valence-electron chi connectivity index (χ4n) is 3.32. The van der Waals surface area contributed by atoms with Gasteiger partial charge in [0.05, 0.1) is 23.6 Å². The number of amides is 2. The van der Waals surface area contributed by atoms with E-state index in [0.717, 1.165) is 5.56 Å². The Kier molecular flexibility index (Phi) is 7.87. The van der Waals surface area contributed by atoms with Crippen molar-refractivity contribution in [3.8, 4) is 6.08 Å². The van der Waals surface area contributed by atoms with Crippen LogP contribution in [0.25, 0.3) is 10.9 Å². The van der Waals surface area contributed by atoms with E-state index in [2.05, 4.69) is 15.6 Å². The Morgan fingerprint density at radius 3 is 2.38 bits per heavy atom. The average Bonchev–Trinajstić information content (AvgIpc) is 2.64. The third-order valence-electron chi connectivity index (χ3n) is 4.80. The van der Waals surface area contributed by atoms with Gasteiger partial charge < -0.3 is 24.5 Å². The van der Waals surface area contributed by atoms with Gasteiger partial charge in [-0.3, -0.25) is 4.79 Å². The molecule has 0 aliphatic rings. The van der Waals surface area contributed by atoms with Crippen molar-refractivity contribution in [3.63, 3.8) is 0 Å². The normalized spacial score (nSPS) is 13.5. The van der Waals surface area contributed by atoms with Gasteiger partial charge in [0.2, 0.25) is 5.91 Å². The monoisotopic (exact) mass is 447 g/mol. The number of carbonyl (C=O) groups is 2. The molecular weight excluding hydrogens is 414 g/mol. The zero-order valence-corrected chi connectivity index (χ0v) is 20.0. The quantitative estimate of drug-likeness (QED) is 0.665. The number of carbonyl (C=O) groups excluding carboxylic acids is 2. The van der Waals surface area contributed by atoms with Crippen molar-refractivity contribution < 1.29 is 23.5 Å². The second-order valence-electron chi connectivity index (χ2n) is 8.97. The van der Waals surface area contributed by atoms with E-state index in [1.807, 2.05) is 13.8 Å². The standard InChI is InChI=1S/C23H33N3O6/c1-9-30-22-25-16-11-10-15(13(4)17(16)20(28)31-22)14(5)24-19(27)18(12(2)3)26-21(29)32-23(6,7)8/h10-12,14,18H,9H2,1-8H3,(H,24,27)(H,26,29)/t14?,18-/m0/s1. The van der Waals surface area contributed by atoms with Crippen molar-refractivity contribution in [2.24, 2.45) is 5.92 Å². The van der Waals surface area contributed by atoms with E-state index in [-0.39, 0.29) is 17.9 Å².